The molecule has 1 aliphatic heterocycles. The van der Waals surface area contributed by atoms with E-state index >= 15 is 0 Å². The summed E-state index contributed by atoms with van der Waals surface area (Å²) in [5, 5.41) is 11.9. The topological polar surface area (TPSA) is 70.9 Å². The third kappa shape index (κ3) is 3.83. The van der Waals surface area contributed by atoms with Crippen molar-refractivity contribution < 1.29 is 14.6 Å². The summed E-state index contributed by atoms with van der Waals surface area (Å²) in [4.78, 5) is 15.4. The Morgan fingerprint density at radius 1 is 1.28 bits per heavy atom. The molecule has 6 heteroatoms. The molecule has 0 saturated heterocycles. The Labute approximate surface area is 151 Å². The van der Waals surface area contributed by atoms with Gasteiger partial charge in [0.25, 0.3) is 0 Å². The lowest BCUT2D eigenvalue weighted by Crippen LogP contribution is -2.42. The van der Waals surface area contributed by atoms with Crippen molar-refractivity contribution in [2.24, 2.45) is 4.99 Å². The average molecular weight is 359 g/mol. The quantitative estimate of drug-likeness (QED) is 0.844. The van der Waals surface area contributed by atoms with E-state index in [2.05, 4.69) is 10.3 Å². The molecule has 0 radical (unpaired) electrons. The first kappa shape index (κ1) is 17.5. The second-order valence-electron chi connectivity index (χ2n) is 6.30. The van der Waals surface area contributed by atoms with Crippen molar-refractivity contribution in [3.05, 3.63) is 58.6 Å². The number of hydrogen-bond donors (Lipinski definition) is 2. The molecule has 2 N–H and O–H groups in total. The summed E-state index contributed by atoms with van der Waals surface area (Å²) in [5.74, 6) is 0.310. The molecule has 0 spiro atoms. The normalized spacial score (nSPS) is 20.0. The number of ether oxygens (including phenoxy) is 1. The number of carbonyl (C=O) groups is 1. The SMILES string of the molecule is Cc1ccc(-c2cccc(C3(C)COCC(NC(=O)O)=N3)c2)cc1Cl. The molecule has 25 heavy (non-hydrogen) atoms. The fraction of sp³-hybridized carbons (Fsp3) is 0.263. The van der Waals surface area contributed by atoms with Crippen molar-refractivity contribution in [3.8, 4) is 11.1 Å². The van der Waals surface area contributed by atoms with Crippen LogP contribution in [0.4, 0.5) is 4.79 Å². The number of rotatable bonds is 2. The predicted octanol–water partition coefficient (Wildman–Crippen LogP) is 4.23. The number of nitrogens with zero attached hydrogens (tertiary/aromatic N) is 1. The molecule has 1 amide bonds. The monoisotopic (exact) mass is 358 g/mol. The Balaban J connectivity index is 1.97. The largest absolute Gasteiger partial charge is 0.465 e. The van der Waals surface area contributed by atoms with Crippen LogP contribution in [0.25, 0.3) is 11.1 Å². The van der Waals surface area contributed by atoms with Gasteiger partial charge in [-0.15, -0.1) is 0 Å². The number of nitrogens with one attached hydrogen (secondary N) is 1. The average Bonchev–Trinajstić information content (AvgIpc) is 2.57. The van der Waals surface area contributed by atoms with Gasteiger partial charge in [-0.25, -0.2) is 4.79 Å². The summed E-state index contributed by atoms with van der Waals surface area (Å²) < 4.78 is 5.56. The second-order valence-corrected chi connectivity index (χ2v) is 6.71. The molecule has 2 aromatic carbocycles. The number of hydrogen-bond acceptors (Lipinski definition) is 3. The van der Waals surface area contributed by atoms with Crippen molar-refractivity contribution >= 4 is 23.5 Å². The zero-order valence-corrected chi connectivity index (χ0v) is 14.8. The van der Waals surface area contributed by atoms with E-state index in [1.807, 2.05) is 56.3 Å². The van der Waals surface area contributed by atoms with Gasteiger partial charge in [-0.05, 0) is 48.2 Å². The second kappa shape index (κ2) is 6.86. The highest BCUT2D eigenvalue weighted by Crippen LogP contribution is 2.32. The van der Waals surface area contributed by atoms with Crippen molar-refractivity contribution in [1.82, 2.24) is 5.32 Å². The first-order valence-corrected chi connectivity index (χ1v) is 8.29. The number of aliphatic imine (C=N–C) groups is 1. The van der Waals surface area contributed by atoms with Crippen LogP contribution in [-0.4, -0.2) is 30.2 Å². The molecule has 0 bridgehead atoms. The van der Waals surface area contributed by atoms with Gasteiger partial charge in [0.15, 0.2) is 0 Å². The predicted molar refractivity (Wildman–Crippen MR) is 98.4 cm³/mol. The van der Waals surface area contributed by atoms with Gasteiger partial charge in [-0.2, -0.15) is 0 Å². The smallest absolute Gasteiger partial charge is 0.410 e. The third-order valence-corrected chi connectivity index (χ3v) is 4.65. The Morgan fingerprint density at radius 2 is 2.04 bits per heavy atom. The minimum atomic E-state index is -1.14. The minimum absolute atomic E-state index is 0.162. The summed E-state index contributed by atoms with van der Waals surface area (Å²) >= 11 is 6.24. The van der Waals surface area contributed by atoms with Gasteiger partial charge in [0.1, 0.15) is 18.0 Å². The van der Waals surface area contributed by atoms with E-state index in [0.29, 0.717) is 12.4 Å². The molecule has 130 valence electrons. The number of benzene rings is 2. The van der Waals surface area contributed by atoms with Crippen LogP contribution in [0.2, 0.25) is 5.02 Å². The highest BCUT2D eigenvalue weighted by molar-refractivity contribution is 6.31. The minimum Gasteiger partial charge on any atom is -0.465 e. The highest BCUT2D eigenvalue weighted by atomic mass is 35.5. The van der Waals surface area contributed by atoms with Crippen molar-refractivity contribution in [1.29, 1.82) is 0 Å². The maximum atomic E-state index is 10.9. The molecule has 0 saturated carbocycles. The first-order valence-electron chi connectivity index (χ1n) is 7.91. The van der Waals surface area contributed by atoms with Crippen LogP contribution in [0.1, 0.15) is 18.1 Å². The van der Waals surface area contributed by atoms with Crippen LogP contribution < -0.4 is 5.32 Å². The third-order valence-electron chi connectivity index (χ3n) is 4.24. The van der Waals surface area contributed by atoms with Crippen LogP contribution in [-0.2, 0) is 10.3 Å². The molecule has 0 fully saturated rings. The standard InChI is InChI=1S/C19H19ClN2O3/c1-12-6-7-14(9-16(12)20)13-4-3-5-15(8-13)19(2)11-25-10-17(22-19)21-18(23)24/h3-9H,10-11H2,1-2H3,(H,21,22)(H,23,24). The molecule has 1 heterocycles. The number of amidine groups is 1. The zero-order chi connectivity index (χ0) is 18.0. The lowest BCUT2D eigenvalue weighted by molar-refractivity contribution is 0.104. The van der Waals surface area contributed by atoms with Crippen LogP contribution in [0.15, 0.2) is 47.5 Å². The van der Waals surface area contributed by atoms with Gasteiger partial charge in [0.05, 0.1) is 6.61 Å². The fourth-order valence-corrected chi connectivity index (χ4v) is 3.03. The Bertz CT molecular complexity index is 850. The highest BCUT2D eigenvalue weighted by Gasteiger charge is 2.31. The molecule has 0 aliphatic carbocycles. The number of aryl methyl sites for hydroxylation is 1. The van der Waals surface area contributed by atoms with Gasteiger partial charge in [0, 0.05) is 5.02 Å². The molecular formula is C19H19ClN2O3. The van der Waals surface area contributed by atoms with Gasteiger partial charge >= 0.3 is 6.09 Å². The number of carboxylic acid groups (broad SMARTS) is 1. The van der Waals surface area contributed by atoms with Crippen LogP contribution in [0, 0.1) is 6.92 Å². The Hall–Kier alpha value is -2.37. The molecule has 1 aliphatic rings. The van der Waals surface area contributed by atoms with Crippen molar-refractivity contribution in [2.75, 3.05) is 13.2 Å². The molecule has 3 rings (SSSR count). The lowest BCUT2D eigenvalue weighted by atomic mass is 9.90. The van der Waals surface area contributed by atoms with Gasteiger partial charge < -0.3 is 9.84 Å². The zero-order valence-electron chi connectivity index (χ0n) is 14.0. The number of amides is 1. The van der Waals surface area contributed by atoms with Crippen LogP contribution in [0.3, 0.4) is 0 Å². The van der Waals surface area contributed by atoms with E-state index in [9.17, 15) is 4.79 Å². The molecule has 2 aromatic rings. The maximum absolute atomic E-state index is 10.9. The van der Waals surface area contributed by atoms with E-state index < -0.39 is 11.6 Å². The molecule has 5 nitrogen and oxygen atoms in total. The van der Waals surface area contributed by atoms with E-state index in [-0.39, 0.29) is 6.61 Å². The van der Waals surface area contributed by atoms with Crippen LogP contribution in [0.5, 0.6) is 0 Å². The molecular weight excluding hydrogens is 340 g/mol. The Kier molecular flexibility index (Phi) is 4.79. The lowest BCUT2D eigenvalue weighted by Gasteiger charge is -2.31. The maximum Gasteiger partial charge on any atom is 0.410 e. The molecule has 1 atom stereocenters. The van der Waals surface area contributed by atoms with E-state index in [0.717, 1.165) is 27.3 Å². The van der Waals surface area contributed by atoms with Crippen LogP contribution >= 0.6 is 11.6 Å². The summed E-state index contributed by atoms with van der Waals surface area (Å²) in [6.45, 7) is 4.44. The van der Waals surface area contributed by atoms with Crippen molar-refractivity contribution in [3.63, 3.8) is 0 Å². The summed E-state index contributed by atoms with van der Waals surface area (Å²) in [5.41, 5.74) is 3.37. The molecule has 1 unspecified atom stereocenters. The summed E-state index contributed by atoms with van der Waals surface area (Å²) in [7, 11) is 0. The van der Waals surface area contributed by atoms with E-state index in [1.54, 1.807) is 0 Å². The number of halogens is 1. The van der Waals surface area contributed by atoms with Gasteiger partial charge in [0.2, 0.25) is 0 Å². The molecule has 0 aromatic heterocycles. The Morgan fingerprint density at radius 3 is 2.76 bits per heavy atom. The summed E-state index contributed by atoms with van der Waals surface area (Å²) in [6.07, 6.45) is -1.14. The van der Waals surface area contributed by atoms with E-state index in [1.165, 1.54) is 0 Å². The van der Waals surface area contributed by atoms with Crippen molar-refractivity contribution in [2.45, 2.75) is 19.4 Å². The van der Waals surface area contributed by atoms with Gasteiger partial charge in [-0.3, -0.25) is 10.3 Å². The van der Waals surface area contributed by atoms with Gasteiger partial charge in [-0.1, -0.05) is 41.9 Å². The van der Waals surface area contributed by atoms with E-state index in [4.69, 9.17) is 21.4 Å². The summed E-state index contributed by atoms with van der Waals surface area (Å²) in [6, 6.07) is 13.9. The first-order chi connectivity index (χ1) is 11.9. The fourth-order valence-electron chi connectivity index (χ4n) is 2.85.